The van der Waals surface area contributed by atoms with Crippen molar-refractivity contribution in [3.8, 4) is 0 Å². The van der Waals surface area contributed by atoms with Gasteiger partial charge in [-0.3, -0.25) is 4.90 Å². The topological polar surface area (TPSA) is 46.9 Å². The van der Waals surface area contributed by atoms with E-state index in [1.807, 2.05) is 4.81 Å². The first-order chi connectivity index (χ1) is 9.10. The van der Waals surface area contributed by atoms with E-state index in [1.165, 1.54) is 0 Å². The van der Waals surface area contributed by atoms with E-state index in [-0.39, 0.29) is 19.0 Å². The third kappa shape index (κ3) is 3.50. The van der Waals surface area contributed by atoms with Crippen molar-refractivity contribution in [3.05, 3.63) is 0 Å². The van der Waals surface area contributed by atoms with E-state index < -0.39 is 24.6 Å². The second kappa shape index (κ2) is 5.52. The quantitative estimate of drug-likeness (QED) is 0.763. The van der Waals surface area contributed by atoms with Crippen LogP contribution in [-0.2, 0) is 0 Å². The Morgan fingerprint density at radius 3 is 2.25 bits per heavy atom. The predicted octanol–water partition coefficient (Wildman–Crippen LogP) is 1.04. The first kappa shape index (κ1) is 16.1. The van der Waals surface area contributed by atoms with Gasteiger partial charge >= 0.3 is 7.05 Å². The molecule has 0 aliphatic carbocycles. The molecule has 2 N–H and O–H groups in total. The van der Waals surface area contributed by atoms with Crippen LogP contribution in [0.5, 0.6) is 0 Å². The van der Waals surface area contributed by atoms with Gasteiger partial charge in [-0.15, -0.1) is 0 Å². The Labute approximate surface area is 119 Å². The van der Waals surface area contributed by atoms with Gasteiger partial charge in [-0.05, 0) is 46.6 Å². The van der Waals surface area contributed by atoms with E-state index in [0.717, 1.165) is 12.8 Å². The van der Waals surface area contributed by atoms with E-state index in [0.29, 0.717) is 13.1 Å². The third-order valence-corrected chi connectivity index (χ3v) is 4.62. The molecule has 0 amide bonds. The van der Waals surface area contributed by atoms with Crippen LogP contribution in [0.2, 0.25) is 6.82 Å². The first-order valence-corrected chi connectivity index (χ1v) is 7.38. The highest BCUT2D eigenvalue weighted by Crippen LogP contribution is 2.39. The van der Waals surface area contributed by atoms with E-state index in [4.69, 9.17) is 0 Å². The molecule has 0 radical (unpaired) electrons. The maximum atomic E-state index is 13.7. The molecule has 7 heteroatoms. The Morgan fingerprint density at radius 2 is 1.80 bits per heavy atom. The van der Waals surface area contributed by atoms with Gasteiger partial charge in [0.2, 0.25) is 0 Å². The molecular weight excluding hydrogens is 265 g/mol. The molecule has 0 aromatic heterocycles. The lowest BCUT2D eigenvalue weighted by molar-refractivity contribution is -0.0245. The van der Waals surface area contributed by atoms with Gasteiger partial charge in [-0.1, -0.05) is 0 Å². The largest absolute Gasteiger partial charge is 0.437 e. The van der Waals surface area contributed by atoms with Crippen LogP contribution in [0.15, 0.2) is 0 Å². The highest BCUT2D eigenvalue weighted by molar-refractivity contribution is 6.45. The van der Waals surface area contributed by atoms with Crippen molar-refractivity contribution >= 4 is 7.05 Å². The number of piperidine rings is 1. The Balaban J connectivity index is 2.04. The molecule has 4 nitrogen and oxygen atoms in total. The highest BCUT2D eigenvalue weighted by atomic mass is 19.3. The van der Waals surface area contributed by atoms with Gasteiger partial charge < -0.3 is 14.9 Å². The van der Waals surface area contributed by atoms with Gasteiger partial charge in [-0.25, -0.2) is 8.78 Å². The summed E-state index contributed by atoms with van der Waals surface area (Å²) >= 11 is 0. The molecule has 0 spiro atoms. The summed E-state index contributed by atoms with van der Waals surface area (Å²) in [6.45, 7) is 6.10. The van der Waals surface area contributed by atoms with Gasteiger partial charge in [-0.2, -0.15) is 0 Å². The van der Waals surface area contributed by atoms with Crippen LogP contribution in [0, 0.1) is 0 Å². The fourth-order valence-corrected chi connectivity index (χ4v) is 3.47. The Bertz CT molecular complexity index is 342. The molecule has 2 fully saturated rings. The summed E-state index contributed by atoms with van der Waals surface area (Å²) in [5.74, 6) is -2.72. The van der Waals surface area contributed by atoms with Crippen molar-refractivity contribution < 1.29 is 18.9 Å². The molecule has 20 heavy (non-hydrogen) atoms. The second-order valence-electron chi connectivity index (χ2n) is 6.80. The van der Waals surface area contributed by atoms with Crippen LogP contribution in [-0.4, -0.2) is 70.1 Å². The van der Waals surface area contributed by atoms with Crippen molar-refractivity contribution in [1.82, 2.24) is 9.71 Å². The zero-order valence-electron chi connectivity index (χ0n) is 12.5. The number of rotatable bonds is 3. The maximum absolute atomic E-state index is 13.7. The molecule has 2 aliphatic heterocycles. The zero-order chi connectivity index (χ0) is 15.1. The smallest absolute Gasteiger partial charge is 0.376 e. The van der Waals surface area contributed by atoms with Crippen LogP contribution >= 0.6 is 0 Å². The van der Waals surface area contributed by atoms with Gasteiger partial charge in [0.1, 0.15) is 0 Å². The molecule has 2 saturated heterocycles. The number of nitrogens with zero attached hydrogens (tertiary/aromatic N) is 2. The van der Waals surface area contributed by atoms with Gasteiger partial charge in [0.15, 0.2) is 0 Å². The van der Waals surface area contributed by atoms with Crippen LogP contribution in [0.1, 0.15) is 33.1 Å². The molecule has 0 saturated carbocycles. The number of hydrogen-bond donors (Lipinski definition) is 2. The first-order valence-electron chi connectivity index (χ1n) is 7.38. The van der Waals surface area contributed by atoms with Gasteiger partial charge in [0, 0.05) is 18.5 Å². The number of aliphatic hydroxyl groups is 1. The Kier molecular flexibility index (Phi) is 4.45. The molecule has 2 heterocycles. The van der Waals surface area contributed by atoms with E-state index in [1.54, 1.807) is 25.6 Å². The number of likely N-dealkylation sites (tertiary alicyclic amines) is 1. The molecule has 2 aliphatic rings. The minimum atomic E-state index is -2.72. The number of hydrogen-bond acceptors (Lipinski definition) is 4. The number of alkyl halides is 2. The van der Waals surface area contributed by atoms with Crippen LogP contribution < -0.4 is 0 Å². The normalized spacial score (nSPS) is 29.9. The fourth-order valence-electron chi connectivity index (χ4n) is 3.47. The fraction of sp³-hybridized carbons (Fsp3) is 1.00. The van der Waals surface area contributed by atoms with Gasteiger partial charge in [0.05, 0.1) is 12.1 Å². The van der Waals surface area contributed by atoms with E-state index in [2.05, 4.69) is 0 Å². The van der Waals surface area contributed by atoms with Crippen LogP contribution in [0.25, 0.3) is 0 Å². The highest BCUT2D eigenvalue weighted by Gasteiger charge is 2.52. The average molecular weight is 290 g/mol. The zero-order valence-corrected chi connectivity index (χ0v) is 12.5. The molecule has 1 atom stereocenters. The molecular formula is C13H25BF2N2O2. The lowest BCUT2D eigenvalue weighted by atomic mass is 9.82. The maximum Gasteiger partial charge on any atom is 0.376 e. The van der Waals surface area contributed by atoms with Crippen molar-refractivity contribution in [3.63, 3.8) is 0 Å². The van der Waals surface area contributed by atoms with Crippen LogP contribution in [0.4, 0.5) is 8.78 Å². The molecule has 0 aromatic carbocycles. The second-order valence-corrected chi connectivity index (χ2v) is 6.80. The summed E-state index contributed by atoms with van der Waals surface area (Å²) in [6.07, 6.45) is 1.24. The summed E-state index contributed by atoms with van der Waals surface area (Å²) < 4.78 is 27.5. The number of halogens is 2. The molecule has 116 valence electrons. The van der Waals surface area contributed by atoms with Crippen molar-refractivity contribution in [1.29, 1.82) is 0 Å². The van der Waals surface area contributed by atoms with E-state index in [9.17, 15) is 18.9 Å². The molecule has 2 rings (SSSR count). The summed E-state index contributed by atoms with van der Waals surface area (Å²) in [5, 5.41) is 19.7. The molecule has 0 unspecified atom stereocenters. The lowest BCUT2D eigenvalue weighted by Crippen LogP contribution is -2.54. The third-order valence-electron chi connectivity index (χ3n) is 4.62. The SMILES string of the molecule is CB(O)N1CCC(N2CC(F)(F)C[C@@H]2C(C)(C)O)CC1. The summed E-state index contributed by atoms with van der Waals surface area (Å²) in [4.78, 5) is 3.74. The standard InChI is InChI=1S/C13H25BF2N2O2/c1-12(2,19)11-8-13(15,16)9-18(11)10-4-6-17(7-5-10)14(3)20/h10-11,19-20H,4-9H2,1-3H3/t11-/m1/s1. The molecule has 0 aromatic rings. The van der Waals surface area contributed by atoms with Crippen LogP contribution in [0.3, 0.4) is 0 Å². The van der Waals surface area contributed by atoms with E-state index >= 15 is 0 Å². The van der Waals surface area contributed by atoms with Crippen molar-refractivity contribution in [2.45, 2.75) is 63.5 Å². The predicted molar refractivity (Wildman–Crippen MR) is 74.8 cm³/mol. The molecule has 0 bridgehead atoms. The summed E-state index contributed by atoms with van der Waals surface area (Å²) in [6, 6.07) is -0.435. The van der Waals surface area contributed by atoms with Crippen molar-refractivity contribution in [2.24, 2.45) is 0 Å². The lowest BCUT2D eigenvalue weighted by Gasteiger charge is -2.42. The van der Waals surface area contributed by atoms with Gasteiger partial charge in [0.25, 0.3) is 5.92 Å². The minimum Gasteiger partial charge on any atom is -0.437 e. The van der Waals surface area contributed by atoms with Crippen molar-refractivity contribution in [2.75, 3.05) is 19.6 Å². The monoisotopic (exact) mass is 290 g/mol. The average Bonchev–Trinajstić information content (AvgIpc) is 2.65. The Morgan fingerprint density at radius 1 is 1.25 bits per heavy atom. The Hall–Kier alpha value is -0.235. The minimum absolute atomic E-state index is 0.0646. The summed E-state index contributed by atoms with van der Waals surface area (Å²) in [5.41, 5.74) is -1.12. The summed E-state index contributed by atoms with van der Waals surface area (Å²) in [7, 11) is -0.485.